The first-order chi connectivity index (χ1) is 9.29. The fourth-order valence-corrected chi connectivity index (χ4v) is 3.07. The molecule has 0 unspecified atom stereocenters. The summed E-state index contributed by atoms with van der Waals surface area (Å²) in [6, 6.07) is 7.98. The summed E-state index contributed by atoms with van der Waals surface area (Å²) in [5.41, 5.74) is 0. The molecule has 0 N–H and O–H groups in total. The molecule has 0 aliphatic carbocycles. The van der Waals surface area contributed by atoms with Gasteiger partial charge < -0.3 is 9.64 Å². The normalized spacial score (nSPS) is 15.3. The lowest BCUT2D eigenvalue weighted by Gasteiger charge is -2.26. The molecule has 1 aliphatic heterocycles. The van der Waals surface area contributed by atoms with E-state index in [4.69, 9.17) is 4.74 Å². The molecule has 4 heteroatoms. The van der Waals surface area contributed by atoms with E-state index in [1.807, 2.05) is 29.2 Å². The molecule has 1 amide bonds. The third kappa shape index (κ3) is 4.46. The van der Waals surface area contributed by atoms with Crippen LogP contribution in [0, 0.1) is 0 Å². The zero-order chi connectivity index (χ0) is 13.5. The highest BCUT2D eigenvalue weighted by molar-refractivity contribution is 7.99. The maximum absolute atomic E-state index is 12.0. The van der Waals surface area contributed by atoms with Gasteiger partial charge in [-0.2, -0.15) is 0 Å². The summed E-state index contributed by atoms with van der Waals surface area (Å²) in [6.45, 7) is 1.90. The molecule has 1 aliphatic rings. The highest BCUT2D eigenvalue weighted by atomic mass is 32.2. The molecular weight excluding hydrogens is 258 g/mol. The quantitative estimate of drug-likeness (QED) is 0.775. The fraction of sp³-hybridized carbons (Fsp3) is 0.533. The van der Waals surface area contributed by atoms with E-state index >= 15 is 0 Å². The maximum Gasteiger partial charge on any atom is 0.223 e. The molecule has 1 aromatic carbocycles. The predicted molar refractivity (Wildman–Crippen MR) is 78.8 cm³/mol. The molecule has 1 saturated heterocycles. The Morgan fingerprint density at radius 2 is 1.89 bits per heavy atom. The van der Waals surface area contributed by atoms with Crippen molar-refractivity contribution in [1.82, 2.24) is 4.90 Å². The minimum atomic E-state index is 0.306. The first-order valence-corrected chi connectivity index (χ1v) is 7.83. The minimum absolute atomic E-state index is 0.306. The summed E-state index contributed by atoms with van der Waals surface area (Å²) in [7, 11) is 1.67. The molecule has 104 valence electrons. The average Bonchev–Trinajstić information content (AvgIpc) is 2.49. The molecule has 2 rings (SSSR count). The maximum atomic E-state index is 12.0. The number of piperidine rings is 1. The number of hydrogen-bond acceptors (Lipinski definition) is 3. The standard InChI is InChI=1S/C15H21NO2S/c1-18-13-5-7-14(8-6-13)19-12-9-15(17)16-10-3-2-4-11-16/h5-8H,2-4,9-12H2,1H3. The van der Waals surface area contributed by atoms with Gasteiger partial charge in [0.05, 0.1) is 7.11 Å². The Morgan fingerprint density at radius 3 is 2.53 bits per heavy atom. The number of benzene rings is 1. The molecular formula is C15H21NO2S. The molecule has 0 bridgehead atoms. The van der Waals surface area contributed by atoms with Gasteiger partial charge in [-0.15, -0.1) is 11.8 Å². The second-order valence-corrected chi connectivity index (χ2v) is 5.88. The predicted octanol–water partition coefficient (Wildman–Crippen LogP) is 3.19. The number of amides is 1. The van der Waals surface area contributed by atoms with Crippen LogP contribution in [0.25, 0.3) is 0 Å². The second kappa shape index (κ2) is 7.43. The summed E-state index contributed by atoms with van der Waals surface area (Å²) < 4.78 is 5.12. The number of thioether (sulfide) groups is 1. The summed E-state index contributed by atoms with van der Waals surface area (Å²) in [5.74, 6) is 2.02. The van der Waals surface area contributed by atoms with Gasteiger partial charge in [0.15, 0.2) is 0 Å². The third-order valence-corrected chi connectivity index (χ3v) is 4.37. The summed E-state index contributed by atoms with van der Waals surface area (Å²) in [4.78, 5) is 15.2. The molecule has 0 aromatic heterocycles. The van der Waals surface area contributed by atoms with Gasteiger partial charge in [0.2, 0.25) is 5.91 Å². The van der Waals surface area contributed by atoms with Crippen LogP contribution in [-0.2, 0) is 4.79 Å². The first kappa shape index (κ1) is 14.3. The molecule has 3 nitrogen and oxygen atoms in total. The summed E-state index contributed by atoms with van der Waals surface area (Å²) in [6.07, 6.45) is 4.23. The van der Waals surface area contributed by atoms with E-state index in [2.05, 4.69) is 0 Å². The molecule has 1 aromatic rings. The number of hydrogen-bond donors (Lipinski definition) is 0. The van der Waals surface area contributed by atoms with Crippen LogP contribution in [0.15, 0.2) is 29.2 Å². The Bertz CT molecular complexity index is 399. The van der Waals surface area contributed by atoms with Crippen molar-refractivity contribution in [2.45, 2.75) is 30.6 Å². The van der Waals surface area contributed by atoms with Gasteiger partial charge in [0.1, 0.15) is 5.75 Å². The fourth-order valence-electron chi connectivity index (χ4n) is 2.23. The number of carbonyl (C=O) groups is 1. The number of likely N-dealkylation sites (tertiary alicyclic amines) is 1. The van der Waals surface area contributed by atoms with E-state index in [0.29, 0.717) is 12.3 Å². The highest BCUT2D eigenvalue weighted by Gasteiger charge is 2.15. The van der Waals surface area contributed by atoms with Crippen LogP contribution in [0.1, 0.15) is 25.7 Å². The van der Waals surface area contributed by atoms with Gasteiger partial charge in [0.25, 0.3) is 0 Å². The van der Waals surface area contributed by atoms with Crippen LogP contribution in [0.4, 0.5) is 0 Å². The molecule has 0 radical (unpaired) electrons. The van der Waals surface area contributed by atoms with E-state index in [-0.39, 0.29) is 0 Å². The van der Waals surface area contributed by atoms with Gasteiger partial charge in [-0.3, -0.25) is 4.79 Å². The topological polar surface area (TPSA) is 29.5 Å². The Balaban J connectivity index is 1.71. The monoisotopic (exact) mass is 279 g/mol. The van der Waals surface area contributed by atoms with Crippen LogP contribution < -0.4 is 4.74 Å². The van der Waals surface area contributed by atoms with Crippen LogP contribution in [0.3, 0.4) is 0 Å². The molecule has 0 saturated carbocycles. The number of methoxy groups -OCH3 is 1. The highest BCUT2D eigenvalue weighted by Crippen LogP contribution is 2.22. The minimum Gasteiger partial charge on any atom is -0.497 e. The van der Waals surface area contributed by atoms with E-state index in [1.165, 1.54) is 11.3 Å². The number of carbonyl (C=O) groups excluding carboxylic acids is 1. The first-order valence-electron chi connectivity index (χ1n) is 6.84. The van der Waals surface area contributed by atoms with Gasteiger partial charge >= 0.3 is 0 Å². The lowest BCUT2D eigenvalue weighted by molar-refractivity contribution is -0.131. The molecule has 0 spiro atoms. The zero-order valence-electron chi connectivity index (χ0n) is 11.4. The Hall–Kier alpha value is -1.16. The Morgan fingerprint density at radius 1 is 1.21 bits per heavy atom. The van der Waals surface area contributed by atoms with Crippen molar-refractivity contribution in [3.63, 3.8) is 0 Å². The summed E-state index contributed by atoms with van der Waals surface area (Å²) >= 11 is 1.73. The lowest BCUT2D eigenvalue weighted by atomic mass is 10.1. The Kier molecular flexibility index (Phi) is 5.58. The van der Waals surface area contributed by atoms with Crippen molar-refractivity contribution in [2.75, 3.05) is 26.0 Å². The van der Waals surface area contributed by atoms with Crippen molar-refractivity contribution in [1.29, 1.82) is 0 Å². The van der Waals surface area contributed by atoms with E-state index in [0.717, 1.165) is 37.4 Å². The van der Waals surface area contributed by atoms with Crippen LogP contribution >= 0.6 is 11.8 Å². The SMILES string of the molecule is COc1ccc(SCCC(=O)N2CCCCC2)cc1. The average molecular weight is 279 g/mol. The Labute approximate surface area is 119 Å². The van der Waals surface area contributed by atoms with E-state index in [1.54, 1.807) is 18.9 Å². The number of rotatable bonds is 5. The van der Waals surface area contributed by atoms with Crippen molar-refractivity contribution in [2.24, 2.45) is 0 Å². The van der Waals surface area contributed by atoms with Crippen LogP contribution in [-0.4, -0.2) is 36.8 Å². The van der Waals surface area contributed by atoms with Crippen molar-refractivity contribution in [3.05, 3.63) is 24.3 Å². The number of ether oxygens (including phenoxy) is 1. The lowest BCUT2D eigenvalue weighted by Crippen LogP contribution is -2.35. The smallest absolute Gasteiger partial charge is 0.223 e. The second-order valence-electron chi connectivity index (χ2n) is 4.72. The number of nitrogens with zero attached hydrogens (tertiary/aromatic N) is 1. The van der Waals surface area contributed by atoms with Gasteiger partial charge in [-0.1, -0.05) is 0 Å². The van der Waals surface area contributed by atoms with E-state index < -0.39 is 0 Å². The molecule has 1 heterocycles. The van der Waals surface area contributed by atoms with Gasteiger partial charge in [0, 0.05) is 30.2 Å². The van der Waals surface area contributed by atoms with Crippen LogP contribution in [0.2, 0.25) is 0 Å². The largest absolute Gasteiger partial charge is 0.497 e. The summed E-state index contributed by atoms with van der Waals surface area (Å²) in [5, 5.41) is 0. The van der Waals surface area contributed by atoms with Crippen molar-refractivity contribution in [3.8, 4) is 5.75 Å². The van der Waals surface area contributed by atoms with Crippen molar-refractivity contribution < 1.29 is 9.53 Å². The molecule has 0 atom stereocenters. The molecule has 19 heavy (non-hydrogen) atoms. The van der Waals surface area contributed by atoms with Gasteiger partial charge in [-0.25, -0.2) is 0 Å². The van der Waals surface area contributed by atoms with Crippen LogP contribution in [0.5, 0.6) is 5.75 Å². The zero-order valence-corrected chi connectivity index (χ0v) is 12.2. The van der Waals surface area contributed by atoms with E-state index in [9.17, 15) is 4.79 Å². The third-order valence-electron chi connectivity index (χ3n) is 3.35. The molecule has 1 fully saturated rings. The van der Waals surface area contributed by atoms with Gasteiger partial charge in [-0.05, 0) is 43.5 Å². The van der Waals surface area contributed by atoms with Crippen molar-refractivity contribution >= 4 is 17.7 Å².